The Hall–Kier alpha value is 0.520. The highest BCUT2D eigenvalue weighted by Gasteiger charge is 2.26. The van der Waals surface area contributed by atoms with E-state index in [0.29, 0.717) is 15.2 Å². The Balaban J connectivity index is 0.00000180. The van der Waals surface area contributed by atoms with Crippen LogP contribution in [0.3, 0.4) is 0 Å². The molecular formula is C12H18Cl5N3. The molecule has 20 heavy (non-hydrogen) atoms. The molecule has 1 fully saturated rings. The summed E-state index contributed by atoms with van der Waals surface area (Å²) in [6, 6.07) is 0.201. The molecule has 0 spiro atoms. The van der Waals surface area contributed by atoms with Crippen LogP contribution in [0.25, 0.3) is 0 Å². The molecule has 116 valence electrons. The van der Waals surface area contributed by atoms with Crippen LogP contribution in [0.4, 0.5) is 0 Å². The van der Waals surface area contributed by atoms with Gasteiger partial charge in [-0.05, 0) is 6.42 Å². The van der Waals surface area contributed by atoms with Gasteiger partial charge < -0.3 is 5.32 Å². The molecular weight excluding hydrogens is 363 g/mol. The van der Waals surface area contributed by atoms with Crippen molar-refractivity contribution < 1.29 is 0 Å². The van der Waals surface area contributed by atoms with Gasteiger partial charge in [-0.2, -0.15) is 0 Å². The van der Waals surface area contributed by atoms with Gasteiger partial charge in [0.05, 0.1) is 10.0 Å². The van der Waals surface area contributed by atoms with E-state index in [0.717, 1.165) is 38.2 Å². The minimum absolute atomic E-state index is 0. The van der Waals surface area contributed by atoms with E-state index < -0.39 is 0 Å². The highest BCUT2D eigenvalue weighted by Crippen LogP contribution is 2.38. The third kappa shape index (κ3) is 4.51. The molecule has 1 saturated heterocycles. The van der Waals surface area contributed by atoms with Crippen molar-refractivity contribution in [3.63, 3.8) is 0 Å². The van der Waals surface area contributed by atoms with Crippen molar-refractivity contribution >= 4 is 59.6 Å². The predicted molar refractivity (Wildman–Crippen MR) is 91.2 cm³/mol. The molecule has 8 heteroatoms. The van der Waals surface area contributed by atoms with Crippen LogP contribution in [-0.4, -0.2) is 36.1 Å². The van der Waals surface area contributed by atoms with E-state index in [1.54, 1.807) is 6.20 Å². The molecule has 1 aromatic heterocycles. The molecule has 0 radical (unpaired) electrons. The van der Waals surface area contributed by atoms with Gasteiger partial charge in [-0.15, -0.1) is 24.8 Å². The SMILES string of the molecule is CC[C@H](c1c(Cl)cnc(Cl)c1Cl)N1CCNCC1.Cl.Cl. The molecule has 0 aliphatic carbocycles. The second-order valence-electron chi connectivity index (χ2n) is 4.33. The van der Waals surface area contributed by atoms with Gasteiger partial charge in [0, 0.05) is 44.0 Å². The molecule has 0 bridgehead atoms. The Kier molecular flexibility index (Phi) is 9.77. The lowest BCUT2D eigenvalue weighted by molar-refractivity contribution is 0.169. The zero-order chi connectivity index (χ0) is 13.1. The predicted octanol–water partition coefficient (Wildman–Crippen LogP) is 4.24. The van der Waals surface area contributed by atoms with Gasteiger partial charge >= 0.3 is 0 Å². The Morgan fingerprint density at radius 3 is 2.40 bits per heavy atom. The first-order valence-electron chi connectivity index (χ1n) is 6.09. The maximum atomic E-state index is 6.27. The summed E-state index contributed by atoms with van der Waals surface area (Å²) >= 11 is 18.5. The average Bonchev–Trinajstić information content (AvgIpc) is 2.40. The lowest BCUT2D eigenvalue weighted by atomic mass is 10.0. The summed E-state index contributed by atoms with van der Waals surface area (Å²) in [5.74, 6) is 0. The second-order valence-corrected chi connectivity index (χ2v) is 5.48. The minimum Gasteiger partial charge on any atom is -0.314 e. The minimum atomic E-state index is 0. The molecule has 1 aliphatic heterocycles. The van der Waals surface area contributed by atoms with Crippen molar-refractivity contribution in [1.82, 2.24) is 15.2 Å². The van der Waals surface area contributed by atoms with E-state index in [4.69, 9.17) is 34.8 Å². The molecule has 1 atom stereocenters. The van der Waals surface area contributed by atoms with Crippen molar-refractivity contribution in [3.8, 4) is 0 Å². The standard InChI is InChI=1S/C12H16Cl3N3.2ClH/c1-2-9(18-5-3-16-4-6-18)10-8(13)7-17-12(15)11(10)14;;/h7,9,16H,2-6H2,1H3;2*1H/t9-;;/m1../s1. The summed E-state index contributed by atoms with van der Waals surface area (Å²) in [6.45, 7) is 6.10. The van der Waals surface area contributed by atoms with Crippen molar-refractivity contribution in [2.24, 2.45) is 0 Å². The van der Waals surface area contributed by atoms with Gasteiger partial charge in [-0.25, -0.2) is 4.98 Å². The monoisotopic (exact) mass is 379 g/mol. The van der Waals surface area contributed by atoms with E-state index in [-0.39, 0.29) is 30.9 Å². The quantitative estimate of drug-likeness (QED) is 0.794. The highest BCUT2D eigenvalue weighted by molar-refractivity contribution is 6.43. The summed E-state index contributed by atoms with van der Waals surface area (Å²) in [5, 5.41) is 4.74. The highest BCUT2D eigenvalue weighted by atomic mass is 35.5. The largest absolute Gasteiger partial charge is 0.314 e. The lowest BCUT2D eigenvalue weighted by Gasteiger charge is -2.35. The summed E-state index contributed by atoms with van der Waals surface area (Å²) in [7, 11) is 0. The van der Waals surface area contributed by atoms with Crippen LogP contribution >= 0.6 is 59.6 Å². The Bertz CT molecular complexity index is 424. The molecule has 0 unspecified atom stereocenters. The van der Waals surface area contributed by atoms with Gasteiger partial charge in [0.15, 0.2) is 0 Å². The van der Waals surface area contributed by atoms with Crippen molar-refractivity contribution in [2.75, 3.05) is 26.2 Å². The molecule has 2 rings (SSSR count). The molecule has 1 N–H and O–H groups in total. The van der Waals surface area contributed by atoms with E-state index in [1.807, 2.05) is 0 Å². The Labute approximate surface area is 147 Å². The molecule has 0 amide bonds. The lowest BCUT2D eigenvalue weighted by Crippen LogP contribution is -2.45. The molecule has 2 heterocycles. The van der Waals surface area contributed by atoms with Crippen molar-refractivity contribution in [2.45, 2.75) is 19.4 Å². The van der Waals surface area contributed by atoms with Gasteiger partial charge in [0.25, 0.3) is 0 Å². The average molecular weight is 382 g/mol. The van der Waals surface area contributed by atoms with E-state index in [2.05, 4.69) is 22.1 Å². The number of nitrogens with one attached hydrogen (secondary N) is 1. The number of piperazine rings is 1. The number of halogens is 5. The van der Waals surface area contributed by atoms with Gasteiger partial charge in [0.2, 0.25) is 0 Å². The van der Waals surface area contributed by atoms with E-state index >= 15 is 0 Å². The number of nitrogens with zero attached hydrogens (tertiary/aromatic N) is 2. The second kappa shape index (κ2) is 9.52. The van der Waals surface area contributed by atoms with E-state index in [9.17, 15) is 0 Å². The molecule has 0 aromatic carbocycles. The van der Waals surface area contributed by atoms with Crippen LogP contribution in [0.1, 0.15) is 24.9 Å². The first kappa shape index (κ1) is 20.5. The number of aromatic nitrogens is 1. The number of pyridine rings is 1. The summed E-state index contributed by atoms with van der Waals surface area (Å²) in [4.78, 5) is 6.36. The molecule has 3 nitrogen and oxygen atoms in total. The molecule has 1 aliphatic rings. The van der Waals surface area contributed by atoms with Gasteiger partial charge in [-0.1, -0.05) is 41.7 Å². The van der Waals surface area contributed by atoms with Crippen LogP contribution in [0.15, 0.2) is 6.20 Å². The van der Waals surface area contributed by atoms with E-state index in [1.165, 1.54) is 0 Å². The van der Waals surface area contributed by atoms with Crippen LogP contribution in [0.5, 0.6) is 0 Å². The first-order chi connectivity index (χ1) is 8.65. The fraction of sp³-hybridized carbons (Fsp3) is 0.583. The maximum absolute atomic E-state index is 6.27. The maximum Gasteiger partial charge on any atom is 0.148 e. The normalized spacial score (nSPS) is 17.0. The molecule has 0 saturated carbocycles. The van der Waals surface area contributed by atoms with Crippen molar-refractivity contribution in [1.29, 1.82) is 0 Å². The smallest absolute Gasteiger partial charge is 0.148 e. The third-order valence-corrected chi connectivity index (χ3v) is 4.35. The van der Waals surface area contributed by atoms with Gasteiger partial charge in [-0.3, -0.25) is 4.90 Å². The zero-order valence-electron chi connectivity index (χ0n) is 11.0. The molecule has 1 aromatic rings. The van der Waals surface area contributed by atoms with Crippen LogP contribution in [0.2, 0.25) is 15.2 Å². The summed E-state index contributed by atoms with van der Waals surface area (Å²) in [6.07, 6.45) is 2.52. The Morgan fingerprint density at radius 2 is 1.85 bits per heavy atom. The fourth-order valence-corrected chi connectivity index (χ4v) is 3.14. The Morgan fingerprint density at radius 1 is 1.25 bits per heavy atom. The van der Waals surface area contributed by atoms with Crippen LogP contribution < -0.4 is 5.32 Å². The van der Waals surface area contributed by atoms with Gasteiger partial charge in [0.1, 0.15) is 5.15 Å². The summed E-state index contributed by atoms with van der Waals surface area (Å²) < 4.78 is 0. The topological polar surface area (TPSA) is 28.2 Å². The number of hydrogen-bond donors (Lipinski definition) is 1. The number of hydrogen-bond acceptors (Lipinski definition) is 3. The first-order valence-corrected chi connectivity index (χ1v) is 7.22. The third-order valence-electron chi connectivity index (χ3n) is 3.28. The van der Waals surface area contributed by atoms with Crippen LogP contribution in [0, 0.1) is 0 Å². The fourth-order valence-electron chi connectivity index (χ4n) is 2.40. The zero-order valence-corrected chi connectivity index (χ0v) is 14.9. The van der Waals surface area contributed by atoms with Crippen LogP contribution in [-0.2, 0) is 0 Å². The number of rotatable bonds is 3. The van der Waals surface area contributed by atoms with Crippen molar-refractivity contribution in [3.05, 3.63) is 27.0 Å². The summed E-state index contributed by atoms with van der Waals surface area (Å²) in [5.41, 5.74) is 0.905.